The average molecular weight is 557 g/mol. The van der Waals surface area contributed by atoms with Gasteiger partial charge in [0.2, 0.25) is 5.92 Å². The monoisotopic (exact) mass is 557 g/mol. The number of rotatable bonds is 6. The minimum absolute atomic E-state index is 0. The van der Waals surface area contributed by atoms with Crippen molar-refractivity contribution in [1.29, 1.82) is 0 Å². The minimum Gasteiger partial charge on any atom is -0.495 e. The second kappa shape index (κ2) is 9.46. The topological polar surface area (TPSA) is 103 Å². The summed E-state index contributed by atoms with van der Waals surface area (Å²) in [5.41, 5.74) is -0.829. The van der Waals surface area contributed by atoms with Crippen LogP contribution in [0.5, 0.6) is 5.75 Å². The molecule has 2 aromatic heterocycles. The van der Waals surface area contributed by atoms with E-state index in [1.807, 2.05) is 0 Å². The molecule has 8 nitrogen and oxygen atoms in total. The number of methoxy groups -OCH3 is 1. The van der Waals surface area contributed by atoms with Gasteiger partial charge in [-0.1, -0.05) is 5.16 Å². The van der Waals surface area contributed by atoms with E-state index in [2.05, 4.69) is 14.4 Å². The molecule has 5 rings (SSSR count). The third-order valence-electron chi connectivity index (χ3n) is 5.98. The van der Waals surface area contributed by atoms with Gasteiger partial charge in [-0.2, -0.15) is 9.90 Å². The first-order valence-corrected chi connectivity index (χ1v) is 12.0. The number of alkyl halides is 2. The maximum absolute atomic E-state index is 15.1. The molecule has 37 heavy (non-hydrogen) atoms. The lowest BCUT2D eigenvalue weighted by atomic mass is 9.76. The summed E-state index contributed by atoms with van der Waals surface area (Å²) >= 11 is 0. The SMILES string of the molecule is COc1cc(C2CC(F)(F)C2)c(F)cc1-n1c(=O)ccc2cc(S(=O)(=O)Nc3ccon3)c(F)cc21.P. The number of nitrogens with one attached hydrogen (secondary N) is 1. The number of aromatic nitrogens is 2. The third-order valence-corrected chi connectivity index (χ3v) is 7.35. The molecular weight excluding hydrogens is 537 g/mol. The number of nitrogens with zero attached hydrogens (tertiary/aromatic N) is 2. The first-order chi connectivity index (χ1) is 17.0. The maximum Gasteiger partial charge on any atom is 0.266 e. The lowest BCUT2D eigenvalue weighted by Gasteiger charge is -2.35. The number of ether oxygens (including phenoxy) is 1. The molecule has 196 valence electrons. The van der Waals surface area contributed by atoms with E-state index in [0.29, 0.717) is 0 Å². The molecule has 1 aliphatic rings. The van der Waals surface area contributed by atoms with E-state index < -0.39 is 56.8 Å². The van der Waals surface area contributed by atoms with Crippen molar-refractivity contribution < 1.29 is 35.2 Å². The van der Waals surface area contributed by atoms with Gasteiger partial charge in [-0.05, 0) is 29.7 Å². The molecule has 0 spiro atoms. The van der Waals surface area contributed by atoms with E-state index in [1.165, 1.54) is 25.3 Å². The highest BCUT2D eigenvalue weighted by Crippen LogP contribution is 2.50. The molecule has 14 heteroatoms. The van der Waals surface area contributed by atoms with E-state index in [4.69, 9.17) is 4.74 Å². The Morgan fingerprint density at radius 3 is 2.46 bits per heavy atom. The highest BCUT2D eigenvalue weighted by atomic mass is 32.2. The molecule has 0 bridgehead atoms. The first kappa shape index (κ1) is 26.6. The fourth-order valence-electron chi connectivity index (χ4n) is 4.24. The van der Waals surface area contributed by atoms with Gasteiger partial charge in [0.05, 0.1) is 18.3 Å². The lowest BCUT2D eigenvalue weighted by molar-refractivity contribution is -0.0873. The smallest absolute Gasteiger partial charge is 0.266 e. The summed E-state index contributed by atoms with van der Waals surface area (Å²) in [6.45, 7) is 0. The summed E-state index contributed by atoms with van der Waals surface area (Å²) in [4.78, 5) is 12.1. The second-order valence-corrected chi connectivity index (χ2v) is 10.00. The number of hydrogen-bond acceptors (Lipinski definition) is 6. The van der Waals surface area contributed by atoms with Gasteiger partial charge in [0.25, 0.3) is 15.6 Å². The van der Waals surface area contributed by atoms with Crippen LogP contribution >= 0.6 is 9.90 Å². The molecular formula is C23H20F4N3O5PS. The zero-order chi connectivity index (χ0) is 25.8. The predicted octanol–water partition coefficient (Wildman–Crippen LogP) is 4.64. The van der Waals surface area contributed by atoms with Crippen molar-refractivity contribution in [2.24, 2.45) is 0 Å². The summed E-state index contributed by atoms with van der Waals surface area (Å²) in [5, 5.41) is 3.57. The molecule has 1 aliphatic carbocycles. The van der Waals surface area contributed by atoms with Crippen LogP contribution in [0.2, 0.25) is 0 Å². The van der Waals surface area contributed by atoms with Crippen LogP contribution in [-0.2, 0) is 10.0 Å². The van der Waals surface area contributed by atoms with Crippen LogP contribution in [-0.4, -0.2) is 31.2 Å². The summed E-state index contributed by atoms with van der Waals surface area (Å²) in [6, 6.07) is 7.65. The molecule has 1 N–H and O–H groups in total. The number of fused-ring (bicyclic) bond motifs is 1. The zero-order valence-electron chi connectivity index (χ0n) is 19.2. The summed E-state index contributed by atoms with van der Waals surface area (Å²) in [6.07, 6.45) is 0.110. The minimum atomic E-state index is -4.41. The average Bonchev–Trinajstić information content (AvgIpc) is 3.29. The van der Waals surface area contributed by atoms with Gasteiger partial charge >= 0.3 is 0 Å². The first-order valence-electron chi connectivity index (χ1n) is 10.5. The van der Waals surface area contributed by atoms with Gasteiger partial charge < -0.3 is 9.26 Å². The van der Waals surface area contributed by atoms with Crippen molar-refractivity contribution in [2.45, 2.75) is 29.6 Å². The molecule has 2 aromatic carbocycles. The van der Waals surface area contributed by atoms with Gasteiger partial charge in [-0.3, -0.25) is 14.1 Å². The normalized spacial score (nSPS) is 15.2. The maximum atomic E-state index is 15.1. The van der Waals surface area contributed by atoms with Gasteiger partial charge in [0.15, 0.2) is 5.82 Å². The Morgan fingerprint density at radius 2 is 1.84 bits per heavy atom. The number of hydrogen-bond donors (Lipinski definition) is 1. The van der Waals surface area contributed by atoms with Crippen LogP contribution in [0.15, 0.2) is 62.9 Å². The Labute approximate surface area is 210 Å². The molecule has 0 amide bonds. The van der Waals surface area contributed by atoms with Crippen molar-refractivity contribution >= 4 is 36.6 Å². The molecule has 1 fully saturated rings. The Balaban J connectivity index is 0.00000320. The van der Waals surface area contributed by atoms with E-state index in [0.717, 1.165) is 35.1 Å². The molecule has 0 aliphatic heterocycles. The number of pyridine rings is 1. The van der Waals surface area contributed by atoms with Crippen molar-refractivity contribution in [2.75, 3.05) is 11.8 Å². The van der Waals surface area contributed by atoms with Gasteiger partial charge in [0.1, 0.15) is 28.5 Å². The van der Waals surface area contributed by atoms with E-state index in [9.17, 15) is 26.4 Å². The largest absolute Gasteiger partial charge is 0.495 e. The predicted molar refractivity (Wildman–Crippen MR) is 131 cm³/mol. The quantitative estimate of drug-likeness (QED) is 0.274. The van der Waals surface area contributed by atoms with Crippen molar-refractivity contribution in [3.63, 3.8) is 0 Å². The molecule has 0 saturated heterocycles. The zero-order valence-corrected chi connectivity index (χ0v) is 21.4. The third kappa shape index (κ3) is 4.80. The van der Waals surface area contributed by atoms with Gasteiger partial charge in [-0.15, -0.1) is 0 Å². The molecule has 2 heterocycles. The Morgan fingerprint density at radius 1 is 1.11 bits per heavy atom. The summed E-state index contributed by atoms with van der Waals surface area (Å²) in [7, 11) is -3.16. The fourth-order valence-corrected chi connectivity index (χ4v) is 5.33. The van der Waals surface area contributed by atoms with Crippen molar-refractivity contribution in [1.82, 2.24) is 9.72 Å². The van der Waals surface area contributed by atoms with Crippen molar-refractivity contribution in [3.05, 3.63) is 76.3 Å². The summed E-state index contributed by atoms with van der Waals surface area (Å²) < 4.78 is 95.0. The van der Waals surface area contributed by atoms with Crippen LogP contribution < -0.4 is 15.0 Å². The van der Waals surface area contributed by atoms with Gasteiger partial charge in [-0.25, -0.2) is 26.0 Å². The molecule has 0 radical (unpaired) electrons. The van der Waals surface area contributed by atoms with E-state index >= 15 is 4.39 Å². The number of halogens is 4. The molecule has 1 unspecified atom stereocenters. The van der Waals surface area contributed by atoms with Crippen LogP contribution in [0.4, 0.5) is 23.4 Å². The molecule has 1 saturated carbocycles. The van der Waals surface area contributed by atoms with Crippen LogP contribution in [0.3, 0.4) is 0 Å². The summed E-state index contributed by atoms with van der Waals surface area (Å²) in [5.74, 6) is -5.76. The van der Waals surface area contributed by atoms with Crippen LogP contribution in [0, 0.1) is 11.6 Å². The molecule has 1 atom stereocenters. The number of benzene rings is 2. The van der Waals surface area contributed by atoms with Crippen LogP contribution in [0.1, 0.15) is 24.3 Å². The number of anilines is 1. The lowest BCUT2D eigenvalue weighted by Crippen LogP contribution is -2.34. The fraction of sp³-hybridized carbons (Fsp3) is 0.217. The Bertz CT molecular complexity index is 1650. The molecule has 4 aromatic rings. The highest BCUT2D eigenvalue weighted by Gasteiger charge is 2.47. The Hall–Kier alpha value is -3.44. The second-order valence-electron chi connectivity index (χ2n) is 8.35. The van der Waals surface area contributed by atoms with Crippen molar-refractivity contribution in [3.8, 4) is 11.4 Å². The van der Waals surface area contributed by atoms with E-state index in [-0.39, 0.29) is 43.6 Å². The Kier molecular flexibility index (Phi) is 6.80. The van der Waals surface area contributed by atoms with E-state index in [1.54, 1.807) is 0 Å². The highest BCUT2D eigenvalue weighted by molar-refractivity contribution is 7.92. The van der Waals surface area contributed by atoms with Crippen LogP contribution in [0.25, 0.3) is 16.6 Å². The van der Waals surface area contributed by atoms with Gasteiger partial charge in [0, 0.05) is 42.5 Å². The standard InChI is InChI=1S/C23H17F4N3O5S.H3P/c1-34-19-7-14(13-10-23(26,27)11-13)15(24)8-18(19)30-17-9-16(25)20(6-12(17)2-3-22(30)31)36(32,33)29-21-4-5-35-28-21;/h2-9,13H,10-11H2,1H3,(H,28,29);1H3. The number of sulfonamides is 1.